The van der Waals surface area contributed by atoms with Crippen molar-refractivity contribution in [2.45, 2.75) is 39.5 Å². The van der Waals surface area contributed by atoms with Gasteiger partial charge in [-0.2, -0.15) is 0 Å². The number of rotatable bonds is 2. The molecule has 0 spiro atoms. The minimum atomic E-state index is 0.923. The normalized spacial score (nSPS) is 14.2. The molecule has 106 valence electrons. The Labute approximate surface area is 124 Å². The van der Waals surface area contributed by atoms with Crippen LogP contribution in [-0.4, -0.2) is 7.11 Å². The molecule has 1 aromatic heterocycles. The summed E-state index contributed by atoms with van der Waals surface area (Å²) in [4.78, 5) is 1.50. The molecule has 2 N–H and O–H groups in total. The summed E-state index contributed by atoms with van der Waals surface area (Å²) in [5, 5.41) is 0.980. The van der Waals surface area contributed by atoms with Gasteiger partial charge in [0.05, 0.1) is 12.1 Å². The zero-order chi connectivity index (χ0) is 14.3. The van der Waals surface area contributed by atoms with E-state index in [0.29, 0.717) is 0 Å². The lowest BCUT2D eigenvalue weighted by Crippen LogP contribution is -2.01. The zero-order valence-electron chi connectivity index (χ0n) is 12.4. The molecule has 0 saturated carbocycles. The zero-order valence-corrected chi connectivity index (χ0v) is 13.2. The van der Waals surface area contributed by atoms with Crippen LogP contribution in [0.2, 0.25) is 0 Å². The molecule has 3 rings (SSSR count). The Morgan fingerprint density at radius 1 is 1.05 bits per heavy atom. The van der Waals surface area contributed by atoms with Gasteiger partial charge in [-0.05, 0) is 73.9 Å². The van der Waals surface area contributed by atoms with E-state index in [1.165, 1.54) is 58.4 Å². The Morgan fingerprint density at radius 3 is 2.35 bits per heavy atom. The molecule has 0 fully saturated rings. The smallest absolute Gasteiger partial charge is 0.119 e. The van der Waals surface area contributed by atoms with Crippen LogP contribution in [0, 0.1) is 13.8 Å². The molecule has 1 aliphatic rings. The van der Waals surface area contributed by atoms with Crippen LogP contribution in [0.25, 0.3) is 11.1 Å². The topological polar surface area (TPSA) is 35.2 Å². The van der Waals surface area contributed by atoms with Crippen molar-refractivity contribution in [2.24, 2.45) is 0 Å². The summed E-state index contributed by atoms with van der Waals surface area (Å²) in [6.07, 6.45) is 4.94. The Morgan fingerprint density at radius 2 is 1.70 bits per heavy atom. The van der Waals surface area contributed by atoms with Crippen LogP contribution in [0.4, 0.5) is 5.00 Å². The molecule has 0 saturated heterocycles. The fourth-order valence-corrected chi connectivity index (χ4v) is 4.46. The standard InChI is InChI=1S/C17H21NOS/c1-10-8-12(19-3)9-11(2)15(10)16-13-6-4-5-7-14(13)20-17(16)18/h8-9H,4-7,18H2,1-3H3. The van der Waals surface area contributed by atoms with E-state index in [0.717, 1.165) is 10.8 Å². The van der Waals surface area contributed by atoms with Gasteiger partial charge in [-0.25, -0.2) is 0 Å². The second kappa shape index (κ2) is 5.13. The highest BCUT2D eigenvalue weighted by molar-refractivity contribution is 7.16. The van der Waals surface area contributed by atoms with Gasteiger partial charge in [-0.1, -0.05) is 0 Å². The van der Waals surface area contributed by atoms with Gasteiger partial charge in [0.1, 0.15) is 5.75 Å². The third-order valence-electron chi connectivity index (χ3n) is 4.19. The highest BCUT2D eigenvalue weighted by atomic mass is 32.1. The maximum Gasteiger partial charge on any atom is 0.119 e. The first-order chi connectivity index (χ1) is 9.61. The lowest BCUT2D eigenvalue weighted by Gasteiger charge is -2.17. The molecule has 2 nitrogen and oxygen atoms in total. The molecule has 0 amide bonds. The van der Waals surface area contributed by atoms with Crippen molar-refractivity contribution in [1.82, 2.24) is 0 Å². The highest BCUT2D eigenvalue weighted by Crippen LogP contribution is 2.45. The Bertz CT molecular complexity index is 634. The van der Waals surface area contributed by atoms with E-state index in [4.69, 9.17) is 10.5 Å². The van der Waals surface area contributed by atoms with Crippen molar-refractivity contribution in [2.75, 3.05) is 12.8 Å². The second-order valence-corrected chi connectivity index (χ2v) is 6.72. The van der Waals surface area contributed by atoms with Crippen LogP contribution in [0.3, 0.4) is 0 Å². The van der Waals surface area contributed by atoms with E-state index in [9.17, 15) is 0 Å². The first-order valence-electron chi connectivity index (χ1n) is 7.17. The Hall–Kier alpha value is -1.48. The molecule has 3 heteroatoms. The van der Waals surface area contributed by atoms with Gasteiger partial charge in [0.15, 0.2) is 0 Å². The molecule has 1 heterocycles. The van der Waals surface area contributed by atoms with Crippen molar-refractivity contribution < 1.29 is 4.74 Å². The van der Waals surface area contributed by atoms with Crippen molar-refractivity contribution in [3.05, 3.63) is 33.7 Å². The van der Waals surface area contributed by atoms with E-state index in [-0.39, 0.29) is 0 Å². The number of anilines is 1. The SMILES string of the molecule is COc1cc(C)c(-c2c(N)sc3c2CCCC3)c(C)c1. The van der Waals surface area contributed by atoms with Crippen LogP contribution >= 0.6 is 11.3 Å². The first-order valence-corrected chi connectivity index (χ1v) is 7.99. The number of ether oxygens (including phenoxy) is 1. The van der Waals surface area contributed by atoms with Gasteiger partial charge >= 0.3 is 0 Å². The maximum absolute atomic E-state index is 6.35. The molecule has 0 unspecified atom stereocenters. The molecule has 0 radical (unpaired) electrons. The number of thiophene rings is 1. The Balaban J connectivity index is 2.21. The fraction of sp³-hybridized carbons (Fsp3) is 0.412. The Kier molecular flexibility index (Phi) is 3.47. The van der Waals surface area contributed by atoms with Crippen molar-refractivity contribution in [3.63, 3.8) is 0 Å². The molecule has 1 aliphatic carbocycles. The van der Waals surface area contributed by atoms with Crippen LogP contribution in [0.15, 0.2) is 12.1 Å². The average molecular weight is 287 g/mol. The first kappa shape index (κ1) is 13.5. The lowest BCUT2D eigenvalue weighted by molar-refractivity contribution is 0.414. The van der Waals surface area contributed by atoms with E-state index < -0.39 is 0 Å². The monoisotopic (exact) mass is 287 g/mol. The van der Waals surface area contributed by atoms with Gasteiger partial charge < -0.3 is 10.5 Å². The number of hydrogen-bond acceptors (Lipinski definition) is 3. The van der Waals surface area contributed by atoms with Gasteiger partial charge in [0.25, 0.3) is 0 Å². The molecule has 2 aromatic rings. The summed E-state index contributed by atoms with van der Waals surface area (Å²) >= 11 is 1.79. The average Bonchev–Trinajstić information content (AvgIpc) is 2.75. The van der Waals surface area contributed by atoms with E-state index in [1.807, 2.05) is 0 Å². The maximum atomic E-state index is 6.35. The van der Waals surface area contributed by atoms with Gasteiger partial charge in [0, 0.05) is 10.4 Å². The summed E-state index contributed by atoms with van der Waals surface area (Å²) in [6, 6.07) is 4.21. The molecule has 0 atom stereocenters. The van der Waals surface area contributed by atoms with Crippen molar-refractivity contribution in [1.29, 1.82) is 0 Å². The van der Waals surface area contributed by atoms with Crippen LogP contribution < -0.4 is 10.5 Å². The summed E-state index contributed by atoms with van der Waals surface area (Å²) < 4.78 is 5.36. The second-order valence-electron chi connectivity index (χ2n) is 5.59. The van der Waals surface area contributed by atoms with Crippen molar-refractivity contribution in [3.8, 4) is 16.9 Å². The number of hydrogen-bond donors (Lipinski definition) is 1. The van der Waals surface area contributed by atoms with Gasteiger partial charge in [-0.3, -0.25) is 0 Å². The predicted octanol–water partition coefficient (Wildman–Crippen LogP) is 4.50. The van der Waals surface area contributed by atoms with Crippen LogP contribution in [-0.2, 0) is 12.8 Å². The lowest BCUT2D eigenvalue weighted by atomic mass is 9.88. The highest BCUT2D eigenvalue weighted by Gasteiger charge is 2.22. The van der Waals surface area contributed by atoms with Crippen molar-refractivity contribution >= 4 is 16.3 Å². The fourth-order valence-electron chi connectivity index (χ4n) is 3.30. The summed E-state index contributed by atoms with van der Waals surface area (Å²) in [5.74, 6) is 0.923. The molecule has 0 bridgehead atoms. The van der Waals surface area contributed by atoms with E-state index in [2.05, 4.69) is 26.0 Å². The third-order valence-corrected chi connectivity index (χ3v) is 5.31. The summed E-state index contributed by atoms with van der Waals surface area (Å²) in [5.41, 5.74) is 12.9. The molecule has 1 aromatic carbocycles. The van der Waals surface area contributed by atoms with Gasteiger partial charge in [0.2, 0.25) is 0 Å². The van der Waals surface area contributed by atoms with E-state index in [1.54, 1.807) is 18.4 Å². The third kappa shape index (κ3) is 2.10. The summed E-state index contributed by atoms with van der Waals surface area (Å²) in [6.45, 7) is 4.30. The number of nitrogen functional groups attached to an aromatic ring is 1. The number of aryl methyl sites for hydroxylation is 3. The number of nitrogens with two attached hydrogens (primary N) is 1. The minimum Gasteiger partial charge on any atom is -0.497 e. The molecular weight excluding hydrogens is 266 g/mol. The number of fused-ring (bicyclic) bond motifs is 1. The number of benzene rings is 1. The van der Waals surface area contributed by atoms with Gasteiger partial charge in [-0.15, -0.1) is 11.3 Å². The minimum absolute atomic E-state index is 0.923. The summed E-state index contributed by atoms with van der Waals surface area (Å²) in [7, 11) is 1.72. The van der Waals surface area contributed by atoms with Crippen LogP contribution in [0.1, 0.15) is 34.4 Å². The number of methoxy groups -OCH3 is 1. The van der Waals surface area contributed by atoms with Crippen LogP contribution in [0.5, 0.6) is 5.75 Å². The van der Waals surface area contributed by atoms with E-state index >= 15 is 0 Å². The quantitative estimate of drug-likeness (QED) is 0.882. The molecular formula is C17H21NOS. The molecule has 0 aliphatic heterocycles. The largest absolute Gasteiger partial charge is 0.497 e. The predicted molar refractivity (Wildman–Crippen MR) is 86.8 cm³/mol. The molecule has 20 heavy (non-hydrogen) atoms.